The van der Waals surface area contributed by atoms with Gasteiger partial charge in [0.1, 0.15) is 5.82 Å². The molecular formula is C34H16F18N2. The van der Waals surface area contributed by atoms with Gasteiger partial charge in [-0.25, -0.2) is 4.98 Å². The Kier molecular flexibility index (Phi) is 9.85. The van der Waals surface area contributed by atoms with Gasteiger partial charge in [0.15, 0.2) is 0 Å². The second-order valence-electron chi connectivity index (χ2n) is 11.6. The predicted molar refractivity (Wildman–Crippen MR) is 154 cm³/mol. The van der Waals surface area contributed by atoms with Gasteiger partial charge in [0, 0.05) is 23.2 Å². The van der Waals surface area contributed by atoms with Gasteiger partial charge >= 0.3 is 37.1 Å². The molecule has 2 nitrogen and oxygen atoms in total. The smallest absolute Gasteiger partial charge is 0.319 e. The monoisotopic (exact) mass is 794 g/mol. The third kappa shape index (κ3) is 8.62. The number of hydrogen-bond acceptors (Lipinski definition) is 1. The quantitative estimate of drug-likeness (QED) is 0.162. The molecule has 0 N–H and O–H groups in total. The van der Waals surface area contributed by atoms with Crippen molar-refractivity contribution in [3.8, 4) is 33.9 Å². The summed E-state index contributed by atoms with van der Waals surface area (Å²) in [4.78, 5) is 3.83. The van der Waals surface area contributed by atoms with Gasteiger partial charge in [-0.2, -0.15) is 79.0 Å². The standard InChI is InChI=1S/C34H16F18N2/c35-29(36,37)20-6-17(7-21(12-20)30(38,39)40)26-27(18-8-22(31(41,42)43)13-23(9-18)32(44,45)46)54(15-16-4-2-1-3-5-16)28(53-26)19-10-24(33(47,48)49)14-25(11-19)34(50,51)52/h1-14H,15H2. The maximum absolute atomic E-state index is 14.0. The van der Waals surface area contributed by atoms with Crippen LogP contribution in [0, 0.1) is 0 Å². The molecule has 5 rings (SSSR count). The topological polar surface area (TPSA) is 17.8 Å². The van der Waals surface area contributed by atoms with Crippen molar-refractivity contribution in [1.29, 1.82) is 0 Å². The van der Waals surface area contributed by atoms with Crippen LogP contribution in [0.4, 0.5) is 79.0 Å². The summed E-state index contributed by atoms with van der Waals surface area (Å²) in [6.07, 6.45) is -33.4. The lowest BCUT2D eigenvalue weighted by atomic mass is 9.97. The molecular weight excluding hydrogens is 778 g/mol. The summed E-state index contributed by atoms with van der Waals surface area (Å²) in [7, 11) is 0. The highest BCUT2D eigenvalue weighted by Crippen LogP contribution is 2.46. The molecule has 0 aliphatic heterocycles. The maximum Gasteiger partial charge on any atom is 0.416 e. The van der Waals surface area contributed by atoms with Crippen LogP contribution < -0.4 is 0 Å². The van der Waals surface area contributed by atoms with Crippen LogP contribution in [0.5, 0.6) is 0 Å². The van der Waals surface area contributed by atoms with E-state index >= 15 is 0 Å². The van der Waals surface area contributed by atoms with Crippen molar-refractivity contribution in [2.24, 2.45) is 0 Å². The predicted octanol–water partition coefficient (Wildman–Crippen LogP) is 13.0. The van der Waals surface area contributed by atoms with E-state index in [0.29, 0.717) is 4.57 Å². The summed E-state index contributed by atoms with van der Waals surface area (Å²) in [5, 5.41) is 0. The van der Waals surface area contributed by atoms with Crippen LogP contribution in [0.2, 0.25) is 0 Å². The molecule has 0 aliphatic rings. The SMILES string of the molecule is FC(F)(F)c1cc(-c2nc(-c3cc(C(F)(F)F)cc(C(F)(F)F)c3)n(Cc3ccccc3)c2-c2cc(C(F)(F)F)cc(C(F)(F)F)c2)cc(C(F)(F)F)c1. The molecule has 0 atom stereocenters. The highest BCUT2D eigenvalue weighted by Gasteiger charge is 2.41. The van der Waals surface area contributed by atoms with Crippen molar-refractivity contribution < 1.29 is 79.0 Å². The second-order valence-corrected chi connectivity index (χ2v) is 11.6. The van der Waals surface area contributed by atoms with E-state index in [-0.39, 0.29) is 60.2 Å². The number of aromatic nitrogens is 2. The fourth-order valence-corrected chi connectivity index (χ4v) is 5.35. The molecule has 0 aliphatic carbocycles. The van der Waals surface area contributed by atoms with Crippen molar-refractivity contribution in [2.45, 2.75) is 43.6 Å². The first-order valence-electron chi connectivity index (χ1n) is 14.6. The van der Waals surface area contributed by atoms with Crippen LogP contribution >= 0.6 is 0 Å². The van der Waals surface area contributed by atoms with Gasteiger partial charge in [0.2, 0.25) is 0 Å². The number of rotatable bonds is 5. The van der Waals surface area contributed by atoms with E-state index in [0.717, 1.165) is 0 Å². The van der Waals surface area contributed by atoms with Crippen molar-refractivity contribution >= 4 is 0 Å². The zero-order valence-electron chi connectivity index (χ0n) is 26.0. The Bertz CT molecular complexity index is 2060. The molecule has 5 aromatic rings. The van der Waals surface area contributed by atoms with Crippen molar-refractivity contribution in [1.82, 2.24) is 9.55 Å². The molecule has 0 amide bonds. The number of benzene rings is 4. The molecule has 0 saturated heterocycles. The summed E-state index contributed by atoms with van der Waals surface area (Å²) in [6, 6.07) is 5.57. The number of nitrogens with zero attached hydrogens (tertiary/aromatic N) is 2. The minimum absolute atomic E-state index is 0.00927. The molecule has 0 radical (unpaired) electrons. The van der Waals surface area contributed by atoms with Crippen molar-refractivity contribution in [2.75, 3.05) is 0 Å². The van der Waals surface area contributed by atoms with Gasteiger partial charge < -0.3 is 4.57 Å². The van der Waals surface area contributed by atoms with Crippen molar-refractivity contribution in [3.05, 3.63) is 124 Å². The first kappa shape index (κ1) is 40.0. The van der Waals surface area contributed by atoms with Crippen LogP contribution in [0.1, 0.15) is 38.9 Å². The highest BCUT2D eigenvalue weighted by molar-refractivity contribution is 5.84. The van der Waals surface area contributed by atoms with Gasteiger partial charge in [-0.05, 0) is 60.2 Å². The zero-order valence-corrected chi connectivity index (χ0v) is 26.0. The van der Waals surface area contributed by atoms with E-state index in [1.54, 1.807) is 0 Å². The molecule has 1 heterocycles. The largest absolute Gasteiger partial charge is 0.416 e. The van der Waals surface area contributed by atoms with E-state index in [2.05, 4.69) is 4.98 Å². The Morgan fingerprint density at radius 1 is 0.389 bits per heavy atom. The highest BCUT2D eigenvalue weighted by atomic mass is 19.4. The Labute approximate surface area is 290 Å². The molecule has 0 fully saturated rings. The first-order valence-corrected chi connectivity index (χ1v) is 14.6. The molecule has 0 bridgehead atoms. The summed E-state index contributed by atoms with van der Waals surface area (Å²) >= 11 is 0. The van der Waals surface area contributed by atoms with Gasteiger partial charge in [-0.3, -0.25) is 0 Å². The molecule has 0 saturated carbocycles. The normalized spacial score (nSPS) is 13.4. The fraction of sp³-hybridized carbons (Fsp3) is 0.206. The van der Waals surface area contributed by atoms with Gasteiger partial charge in [0.05, 0.1) is 44.8 Å². The Balaban J connectivity index is 2.04. The van der Waals surface area contributed by atoms with Gasteiger partial charge in [0.25, 0.3) is 0 Å². The van der Waals surface area contributed by atoms with Crippen LogP contribution in [0.25, 0.3) is 33.9 Å². The molecule has 20 heteroatoms. The second kappa shape index (κ2) is 13.3. The lowest BCUT2D eigenvalue weighted by Crippen LogP contribution is -2.13. The minimum Gasteiger partial charge on any atom is -0.319 e. The van der Waals surface area contributed by atoms with Gasteiger partial charge in [-0.15, -0.1) is 0 Å². The minimum atomic E-state index is -5.58. The van der Waals surface area contributed by atoms with Crippen LogP contribution in [0.15, 0.2) is 84.9 Å². The lowest BCUT2D eigenvalue weighted by Gasteiger charge is -2.19. The van der Waals surface area contributed by atoms with E-state index in [1.165, 1.54) is 30.3 Å². The molecule has 1 aromatic heterocycles. The molecule has 54 heavy (non-hydrogen) atoms. The molecule has 4 aromatic carbocycles. The fourth-order valence-electron chi connectivity index (χ4n) is 5.35. The number of halogens is 18. The Morgan fingerprint density at radius 3 is 1.04 bits per heavy atom. The number of hydrogen-bond donors (Lipinski definition) is 0. The van der Waals surface area contributed by atoms with Crippen LogP contribution in [-0.2, 0) is 43.6 Å². The van der Waals surface area contributed by atoms with E-state index in [9.17, 15) is 79.0 Å². The summed E-state index contributed by atoms with van der Waals surface area (Å²) in [5.74, 6) is -1.11. The summed E-state index contributed by atoms with van der Waals surface area (Å²) in [6.45, 7) is -0.862. The summed E-state index contributed by atoms with van der Waals surface area (Å²) < 4.78 is 252. The summed E-state index contributed by atoms with van der Waals surface area (Å²) in [5.41, 5.74) is -18.2. The first-order chi connectivity index (χ1) is 24.5. The molecule has 0 unspecified atom stereocenters. The molecule has 0 spiro atoms. The van der Waals surface area contributed by atoms with E-state index in [1.807, 2.05) is 0 Å². The Hall–Kier alpha value is -5.17. The van der Waals surface area contributed by atoms with E-state index < -0.39 is 111 Å². The number of alkyl halides is 18. The maximum atomic E-state index is 14.0. The number of imidazole rings is 1. The molecule has 288 valence electrons. The third-order valence-corrected chi connectivity index (χ3v) is 7.72. The van der Waals surface area contributed by atoms with Crippen molar-refractivity contribution in [3.63, 3.8) is 0 Å². The average molecular weight is 794 g/mol. The lowest BCUT2D eigenvalue weighted by molar-refractivity contribution is -0.144. The van der Waals surface area contributed by atoms with Gasteiger partial charge in [-0.1, -0.05) is 30.3 Å². The van der Waals surface area contributed by atoms with Crippen LogP contribution in [0.3, 0.4) is 0 Å². The van der Waals surface area contributed by atoms with E-state index in [4.69, 9.17) is 0 Å². The average Bonchev–Trinajstić information content (AvgIpc) is 3.41. The Morgan fingerprint density at radius 2 is 0.704 bits per heavy atom. The third-order valence-electron chi connectivity index (χ3n) is 7.72. The zero-order chi connectivity index (χ0) is 40.4. The van der Waals surface area contributed by atoms with Crippen LogP contribution in [-0.4, -0.2) is 9.55 Å².